The highest BCUT2D eigenvalue weighted by Gasteiger charge is 2.32. The molecule has 0 aromatic heterocycles. The predicted molar refractivity (Wildman–Crippen MR) is 103 cm³/mol. The molecule has 0 bridgehead atoms. The first-order chi connectivity index (χ1) is 11.7. The number of aliphatic imine (C=N–C) groups is 1. The third kappa shape index (κ3) is 3.89. The molecule has 1 aliphatic rings. The third-order valence-corrected chi connectivity index (χ3v) is 4.74. The molecule has 0 radical (unpaired) electrons. The standard InChI is InChI=1S/C19H17ClN2OS/c1-2-12-22-18(23)17(13-14-8-10-15(20)11-9-14)24-19(22)21-16-6-4-3-5-7-16/h3-11,13H,2,12H2,1H3. The van der Waals surface area contributed by atoms with Gasteiger partial charge in [0.15, 0.2) is 5.17 Å². The Bertz CT molecular complexity index is 785. The van der Waals surface area contributed by atoms with E-state index in [9.17, 15) is 4.79 Å². The summed E-state index contributed by atoms with van der Waals surface area (Å²) in [4.78, 5) is 19.8. The zero-order chi connectivity index (χ0) is 16.9. The minimum absolute atomic E-state index is 0.00600. The lowest BCUT2D eigenvalue weighted by molar-refractivity contribution is -0.122. The molecule has 0 atom stereocenters. The predicted octanol–water partition coefficient (Wildman–Crippen LogP) is 5.35. The molecule has 122 valence electrons. The van der Waals surface area contributed by atoms with Gasteiger partial charge in [0.2, 0.25) is 0 Å². The number of para-hydroxylation sites is 1. The molecule has 1 fully saturated rings. The molecule has 2 aromatic rings. The van der Waals surface area contributed by atoms with Gasteiger partial charge in [0, 0.05) is 11.6 Å². The van der Waals surface area contributed by atoms with Gasteiger partial charge < -0.3 is 0 Å². The Morgan fingerprint density at radius 1 is 1.12 bits per heavy atom. The lowest BCUT2D eigenvalue weighted by Crippen LogP contribution is -2.29. The van der Waals surface area contributed by atoms with Crippen LogP contribution in [-0.2, 0) is 4.79 Å². The van der Waals surface area contributed by atoms with Crippen LogP contribution < -0.4 is 0 Å². The number of nitrogens with zero attached hydrogens (tertiary/aromatic N) is 2. The fraction of sp³-hybridized carbons (Fsp3) is 0.158. The quantitative estimate of drug-likeness (QED) is 0.691. The minimum Gasteiger partial charge on any atom is -0.286 e. The van der Waals surface area contributed by atoms with Crippen LogP contribution in [0.1, 0.15) is 18.9 Å². The summed E-state index contributed by atoms with van der Waals surface area (Å²) in [6.07, 6.45) is 2.77. The van der Waals surface area contributed by atoms with Crippen LogP contribution in [0.3, 0.4) is 0 Å². The number of carbonyl (C=O) groups excluding carboxylic acids is 1. The molecule has 3 rings (SSSR count). The highest BCUT2D eigenvalue weighted by Crippen LogP contribution is 2.34. The number of hydrogen-bond acceptors (Lipinski definition) is 3. The highest BCUT2D eigenvalue weighted by atomic mass is 35.5. The van der Waals surface area contributed by atoms with E-state index in [0.717, 1.165) is 22.8 Å². The summed E-state index contributed by atoms with van der Waals surface area (Å²) in [5, 5.41) is 1.41. The van der Waals surface area contributed by atoms with Crippen molar-refractivity contribution in [1.82, 2.24) is 4.90 Å². The maximum atomic E-state index is 12.7. The van der Waals surface area contributed by atoms with E-state index < -0.39 is 0 Å². The molecule has 1 aliphatic heterocycles. The molecule has 2 aromatic carbocycles. The van der Waals surface area contributed by atoms with Gasteiger partial charge >= 0.3 is 0 Å². The summed E-state index contributed by atoms with van der Waals surface area (Å²) in [7, 11) is 0. The Balaban J connectivity index is 1.92. The van der Waals surface area contributed by atoms with E-state index >= 15 is 0 Å². The molecular weight excluding hydrogens is 340 g/mol. The van der Waals surface area contributed by atoms with Crippen molar-refractivity contribution in [2.75, 3.05) is 6.54 Å². The van der Waals surface area contributed by atoms with Crippen molar-refractivity contribution in [2.45, 2.75) is 13.3 Å². The average molecular weight is 357 g/mol. The van der Waals surface area contributed by atoms with Crippen LogP contribution in [0, 0.1) is 0 Å². The van der Waals surface area contributed by atoms with E-state index in [1.165, 1.54) is 11.8 Å². The van der Waals surface area contributed by atoms with Gasteiger partial charge in [-0.05, 0) is 54.1 Å². The molecule has 3 nitrogen and oxygen atoms in total. The van der Waals surface area contributed by atoms with E-state index in [1.807, 2.05) is 60.7 Å². The van der Waals surface area contributed by atoms with E-state index in [4.69, 9.17) is 11.6 Å². The van der Waals surface area contributed by atoms with Gasteiger partial charge in [-0.1, -0.05) is 48.9 Å². The molecule has 1 amide bonds. The molecule has 0 spiro atoms. The summed E-state index contributed by atoms with van der Waals surface area (Å²) < 4.78 is 0. The first kappa shape index (κ1) is 16.8. The number of benzene rings is 2. The fourth-order valence-electron chi connectivity index (χ4n) is 2.34. The number of amidine groups is 1. The molecule has 1 heterocycles. The third-order valence-electron chi connectivity index (χ3n) is 3.48. The number of amides is 1. The maximum absolute atomic E-state index is 12.7. The zero-order valence-corrected chi connectivity index (χ0v) is 14.8. The summed E-state index contributed by atoms with van der Waals surface area (Å²) in [6.45, 7) is 2.72. The van der Waals surface area contributed by atoms with Crippen molar-refractivity contribution in [3.05, 3.63) is 70.1 Å². The van der Waals surface area contributed by atoms with E-state index in [1.54, 1.807) is 4.90 Å². The monoisotopic (exact) mass is 356 g/mol. The largest absolute Gasteiger partial charge is 0.286 e. The smallest absolute Gasteiger partial charge is 0.266 e. The Labute approximate surface area is 151 Å². The zero-order valence-electron chi connectivity index (χ0n) is 13.3. The number of rotatable bonds is 4. The highest BCUT2D eigenvalue weighted by molar-refractivity contribution is 8.18. The summed E-state index contributed by atoms with van der Waals surface area (Å²) in [5.41, 5.74) is 1.80. The Morgan fingerprint density at radius 3 is 2.50 bits per heavy atom. The molecule has 0 N–H and O–H groups in total. The van der Waals surface area contributed by atoms with Crippen molar-refractivity contribution in [3.8, 4) is 0 Å². The van der Waals surface area contributed by atoms with Gasteiger partial charge in [-0.3, -0.25) is 9.69 Å². The lowest BCUT2D eigenvalue weighted by atomic mass is 10.2. The molecule has 0 unspecified atom stereocenters. The first-order valence-electron chi connectivity index (χ1n) is 7.78. The van der Waals surface area contributed by atoms with Gasteiger partial charge in [0.1, 0.15) is 0 Å². The van der Waals surface area contributed by atoms with Crippen molar-refractivity contribution in [3.63, 3.8) is 0 Å². The molecule has 24 heavy (non-hydrogen) atoms. The second-order valence-electron chi connectivity index (χ2n) is 5.35. The van der Waals surface area contributed by atoms with Crippen molar-refractivity contribution >= 4 is 46.2 Å². The van der Waals surface area contributed by atoms with Crippen LogP contribution in [0.25, 0.3) is 6.08 Å². The van der Waals surface area contributed by atoms with E-state index in [2.05, 4.69) is 11.9 Å². The van der Waals surface area contributed by atoms with Gasteiger partial charge in [-0.15, -0.1) is 0 Å². The maximum Gasteiger partial charge on any atom is 0.266 e. The van der Waals surface area contributed by atoms with Crippen molar-refractivity contribution < 1.29 is 4.79 Å². The molecule has 0 saturated carbocycles. The van der Waals surface area contributed by atoms with Crippen molar-refractivity contribution in [1.29, 1.82) is 0 Å². The molecule has 0 aliphatic carbocycles. The minimum atomic E-state index is 0.00600. The van der Waals surface area contributed by atoms with Crippen molar-refractivity contribution in [2.24, 2.45) is 4.99 Å². The average Bonchev–Trinajstić information content (AvgIpc) is 2.87. The second-order valence-corrected chi connectivity index (χ2v) is 6.79. The van der Waals surface area contributed by atoms with Crippen LogP contribution in [0.2, 0.25) is 5.02 Å². The van der Waals surface area contributed by atoms with Crippen LogP contribution >= 0.6 is 23.4 Å². The summed E-state index contributed by atoms with van der Waals surface area (Å²) >= 11 is 7.33. The SMILES string of the molecule is CCCN1C(=O)C(=Cc2ccc(Cl)cc2)SC1=Nc1ccccc1. The van der Waals surface area contributed by atoms with Gasteiger partial charge in [-0.2, -0.15) is 0 Å². The summed E-state index contributed by atoms with van der Waals surface area (Å²) in [6, 6.07) is 17.1. The number of hydrogen-bond donors (Lipinski definition) is 0. The van der Waals surface area contributed by atoms with Crippen LogP contribution in [0.5, 0.6) is 0 Å². The Kier molecular flexibility index (Phi) is 5.38. The van der Waals surface area contributed by atoms with E-state index in [-0.39, 0.29) is 5.91 Å². The van der Waals surface area contributed by atoms with Crippen LogP contribution in [-0.4, -0.2) is 22.5 Å². The number of carbonyl (C=O) groups is 1. The van der Waals surface area contributed by atoms with Crippen LogP contribution in [0.4, 0.5) is 5.69 Å². The van der Waals surface area contributed by atoms with Gasteiger partial charge in [-0.25, -0.2) is 4.99 Å². The molecular formula is C19H17ClN2OS. The Morgan fingerprint density at radius 2 is 1.83 bits per heavy atom. The fourth-order valence-corrected chi connectivity index (χ4v) is 3.49. The molecule has 1 saturated heterocycles. The lowest BCUT2D eigenvalue weighted by Gasteiger charge is -2.13. The normalized spacial score (nSPS) is 17.9. The summed E-state index contributed by atoms with van der Waals surface area (Å²) in [5.74, 6) is 0.00600. The second kappa shape index (κ2) is 7.69. The topological polar surface area (TPSA) is 32.7 Å². The van der Waals surface area contributed by atoms with E-state index in [0.29, 0.717) is 16.5 Å². The van der Waals surface area contributed by atoms with Gasteiger partial charge in [0.25, 0.3) is 5.91 Å². The molecule has 5 heteroatoms. The first-order valence-corrected chi connectivity index (χ1v) is 8.97. The number of halogens is 1. The Hall–Kier alpha value is -2.04. The van der Waals surface area contributed by atoms with Crippen LogP contribution in [0.15, 0.2) is 64.5 Å². The van der Waals surface area contributed by atoms with Gasteiger partial charge in [0.05, 0.1) is 10.6 Å². The number of thioether (sulfide) groups is 1.